The second-order valence-corrected chi connectivity index (χ2v) is 12.2. The molecule has 36 heavy (non-hydrogen) atoms. The number of nitriles is 1. The van der Waals surface area contributed by atoms with E-state index in [4.69, 9.17) is 14.5 Å². The molecule has 1 aliphatic carbocycles. The van der Waals surface area contributed by atoms with Crippen LogP contribution in [-0.4, -0.2) is 59.6 Å². The van der Waals surface area contributed by atoms with Crippen LogP contribution < -0.4 is 4.90 Å². The standard InChI is InChI=1S/C28H40N4O4/c1-17(2)23-14-31(10-11-32(23)26(34)27(4,5)16-35-18(3)33)25-21(13-29)20-12-28(6,7)36-15-22(20)24(30-25)19-8-9-19/h17,19,23H,8-12,14-16H2,1-7H3. The minimum atomic E-state index is -0.812. The molecule has 2 fully saturated rings. The maximum atomic E-state index is 13.6. The summed E-state index contributed by atoms with van der Waals surface area (Å²) in [7, 11) is 0. The molecule has 0 spiro atoms. The predicted molar refractivity (Wildman–Crippen MR) is 136 cm³/mol. The Morgan fingerprint density at radius 2 is 1.94 bits per heavy atom. The molecule has 1 amide bonds. The third kappa shape index (κ3) is 5.22. The number of amides is 1. The zero-order chi connectivity index (χ0) is 26.4. The summed E-state index contributed by atoms with van der Waals surface area (Å²) in [6.07, 6.45) is 2.95. The van der Waals surface area contributed by atoms with Crippen molar-refractivity contribution in [2.24, 2.45) is 11.3 Å². The number of hydrogen-bond acceptors (Lipinski definition) is 7. The van der Waals surface area contributed by atoms with Gasteiger partial charge >= 0.3 is 5.97 Å². The van der Waals surface area contributed by atoms with Gasteiger partial charge in [0.1, 0.15) is 18.5 Å². The molecule has 1 unspecified atom stereocenters. The molecule has 1 aromatic heterocycles. The summed E-state index contributed by atoms with van der Waals surface area (Å²) in [6, 6.07) is 2.44. The van der Waals surface area contributed by atoms with Crippen molar-refractivity contribution in [2.75, 3.05) is 31.1 Å². The van der Waals surface area contributed by atoms with Crippen molar-refractivity contribution in [3.8, 4) is 6.07 Å². The van der Waals surface area contributed by atoms with Gasteiger partial charge in [-0.25, -0.2) is 4.98 Å². The molecule has 1 saturated heterocycles. The number of pyridine rings is 1. The van der Waals surface area contributed by atoms with Crippen LogP contribution in [0.4, 0.5) is 5.82 Å². The monoisotopic (exact) mass is 496 g/mol. The molecule has 0 bridgehead atoms. The molecular weight excluding hydrogens is 456 g/mol. The first-order chi connectivity index (χ1) is 16.8. The van der Waals surface area contributed by atoms with Gasteiger partial charge in [-0.2, -0.15) is 5.26 Å². The lowest BCUT2D eigenvalue weighted by atomic mass is 9.86. The zero-order valence-corrected chi connectivity index (χ0v) is 22.8. The number of esters is 1. The van der Waals surface area contributed by atoms with Crippen LogP contribution in [0, 0.1) is 22.7 Å². The van der Waals surface area contributed by atoms with E-state index in [2.05, 4.69) is 38.7 Å². The Hall–Kier alpha value is -2.66. The van der Waals surface area contributed by atoms with E-state index in [9.17, 15) is 14.9 Å². The summed E-state index contributed by atoms with van der Waals surface area (Å²) in [5.41, 5.74) is 2.81. The van der Waals surface area contributed by atoms with E-state index in [1.54, 1.807) is 0 Å². The fourth-order valence-corrected chi connectivity index (χ4v) is 5.38. The number of nitrogens with zero attached hydrogens (tertiary/aromatic N) is 4. The first-order valence-corrected chi connectivity index (χ1v) is 13.1. The molecule has 1 aromatic rings. The topological polar surface area (TPSA) is 95.8 Å². The summed E-state index contributed by atoms with van der Waals surface area (Å²) >= 11 is 0. The second kappa shape index (κ2) is 9.66. The summed E-state index contributed by atoms with van der Waals surface area (Å²) < 4.78 is 11.3. The van der Waals surface area contributed by atoms with Crippen molar-refractivity contribution in [2.45, 2.75) is 91.9 Å². The van der Waals surface area contributed by atoms with Gasteiger partial charge in [-0.15, -0.1) is 0 Å². The lowest BCUT2D eigenvalue weighted by Gasteiger charge is -2.46. The molecule has 1 saturated carbocycles. The summed E-state index contributed by atoms with van der Waals surface area (Å²) in [5.74, 6) is 1.01. The fourth-order valence-electron chi connectivity index (χ4n) is 5.38. The van der Waals surface area contributed by atoms with Gasteiger partial charge in [0.15, 0.2) is 0 Å². The number of carbonyl (C=O) groups excluding carboxylic acids is 2. The number of piperazine rings is 1. The van der Waals surface area contributed by atoms with E-state index in [1.807, 2.05) is 18.7 Å². The number of rotatable bonds is 6. The molecular formula is C28H40N4O4. The number of ether oxygens (including phenoxy) is 2. The molecule has 1 atom stereocenters. The smallest absolute Gasteiger partial charge is 0.302 e. The van der Waals surface area contributed by atoms with E-state index in [0.29, 0.717) is 44.1 Å². The molecule has 8 nitrogen and oxygen atoms in total. The molecule has 0 radical (unpaired) electrons. The summed E-state index contributed by atoms with van der Waals surface area (Å²) in [4.78, 5) is 34.2. The largest absolute Gasteiger partial charge is 0.465 e. The minimum absolute atomic E-state index is 0.0152. The molecule has 3 aliphatic rings. The van der Waals surface area contributed by atoms with E-state index in [0.717, 1.165) is 35.5 Å². The van der Waals surface area contributed by atoms with Crippen LogP contribution in [0.3, 0.4) is 0 Å². The Morgan fingerprint density at radius 1 is 1.25 bits per heavy atom. The predicted octanol–water partition coefficient (Wildman–Crippen LogP) is 3.94. The lowest BCUT2D eigenvalue weighted by Crippen LogP contribution is -2.60. The van der Waals surface area contributed by atoms with E-state index in [1.165, 1.54) is 6.92 Å². The number of anilines is 1. The zero-order valence-electron chi connectivity index (χ0n) is 22.8. The molecule has 2 aliphatic heterocycles. The molecule has 3 heterocycles. The van der Waals surface area contributed by atoms with E-state index < -0.39 is 5.41 Å². The Bertz CT molecular complexity index is 1080. The van der Waals surface area contributed by atoms with Crippen LogP contribution in [0.15, 0.2) is 0 Å². The number of hydrogen-bond donors (Lipinski definition) is 0. The van der Waals surface area contributed by atoms with E-state index in [-0.39, 0.29) is 36.0 Å². The van der Waals surface area contributed by atoms with Gasteiger partial charge in [0.2, 0.25) is 5.91 Å². The average molecular weight is 497 g/mol. The Balaban J connectivity index is 1.66. The van der Waals surface area contributed by atoms with Gasteiger partial charge < -0.3 is 19.3 Å². The van der Waals surface area contributed by atoms with Crippen molar-refractivity contribution in [3.63, 3.8) is 0 Å². The van der Waals surface area contributed by atoms with Gasteiger partial charge in [0.05, 0.1) is 34.9 Å². The Kier molecular flexibility index (Phi) is 7.09. The SMILES string of the molecule is CC(=O)OCC(C)(C)C(=O)N1CCN(c2nc(C3CC3)c3c(c2C#N)CC(C)(C)OC3)CC1C(C)C. The highest BCUT2D eigenvalue weighted by molar-refractivity contribution is 5.83. The lowest BCUT2D eigenvalue weighted by molar-refractivity contribution is -0.153. The molecule has 196 valence electrons. The molecule has 0 N–H and O–H groups in total. The Morgan fingerprint density at radius 3 is 2.53 bits per heavy atom. The van der Waals surface area contributed by atoms with Gasteiger partial charge in [0, 0.05) is 44.5 Å². The van der Waals surface area contributed by atoms with Gasteiger partial charge in [0.25, 0.3) is 0 Å². The van der Waals surface area contributed by atoms with Crippen LogP contribution in [0.2, 0.25) is 0 Å². The second-order valence-electron chi connectivity index (χ2n) is 12.2. The minimum Gasteiger partial charge on any atom is -0.465 e. The van der Waals surface area contributed by atoms with Crippen LogP contribution in [0.1, 0.15) is 89.6 Å². The summed E-state index contributed by atoms with van der Waals surface area (Å²) in [5, 5.41) is 10.3. The van der Waals surface area contributed by atoms with Crippen LogP contribution in [0.25, 0.3) is 0 Å². The quantitative estimate of drug-likeness (QED) is 0.550. The first kappa shape index (κ1) is 26.4. The van der Waals surface area contributed by atoms with Crippen molar-refractivity contribution in [3.05, 3.63) is 22.4 Å². The third-order valence-corrected chi connectivity index (χ3v) is 7.67. The van der Waals surface area contributed by atoms with Crippen molar-refractivity contribution in [1.82, 2.24) is 9.88 Å². The van der Waals surface area contributed by atoms with Crippen molar-refractivity contribution in [1.29, 1.82) is 5.26 Å². The number of carbonyl (C=O) groups is 2. The molecule has 0 aromatic carbocycles. The molecule has 4 rings (SSSR count). The maximum absolute atomic E-state index is 13.6. The van der Waals surface area contributed by atoms with Crippen LogP contribution in [-0.2, 0) is 32.1 Å². The van der Waals surface area contributed by atoms with Crippen LogP contribution >= 0.6 is 0 Å². The highest BCUT2D eigenvalue weighted by Crippen LogP contribution is 2.46. The van der Waals surface area contributed by atoms with Crippen molar-refractivity contribution < 1.29 is 19.1 Å². The number of fused-ring (bicyclic) bond motifs is 1. The van der Waals surface area contributed by atoms with Gasteiger partial charge in [-0.1, -0.05) is 13.8 Å². The van der Waals surface area contributed by atoms with Gasteiger partial charge in [-0.3, -0.25) is 9.59 Å². The highest BCUT2D eigenvalue weighted by atomic mass is 16.5. The average Bonchev–Trinajstić information content (AvgIpc) is 3.65. The summed E-state index contributed by atoms with van der Waals surface area (Å²) in [6.45, 7) is 15.7. The highest BCUT2D eigenvalue weighted by Gasteiger charge is 2.42. The van der Waals surface area contributed by atoms with Crippen molar-refractivity contribution >= 4 is 17.7 Å². The van der Waals surface area contributed by atoms with Gasteiger partial charge in [-0.05, 0) is 52.0 Å². The maximum Gasteiger partial charge on any atom is 0.302 e. The third-order valence-electron chi connectivity index (χ3n) is 7.67. The molecule has 8 heteroatoms. The van der Waals surface area contributed by atoms with Crippen LogP contribution in [0.5, 0.6) is 0 Å². The fraction of sp³-hybridized carbons (Fsp3) is 0.714. The number of aromatic nitrogens is 1. The normalized spacial score (nSPS) is 21.7. The Labute approximate surface area is 214 Å². The van der Waals surface area contributed by atoms with E-state index >= 15 is 0 Å². The first-order valence-electron chi connectivity index (χ1n) is 13.1.